The number of anilines is 4. The number of ether oxygens (including phenoxy) is 12. The highest BCUT2D eigenvalue weighted by Gasteiger charge is 2.35. The van der Waals surface area contributed by atoms with Crippen molar-refractivity contribution in [2.45, 2.75) is 105 Å². The van der Waals surface area contributed by atoms with Gasteiger partial charge in [-0.05, 0) is 200 Å². The highest BCUT2D eigenvalue weighted by Crippen LogP contribution is 2.46. The first-order chi connectivity index (χ1) is 62.8. The lowest BCUT2D eigenvalue weighted by Crippen LogP contribution is -2.15. The number of carbonyl (C=O) groups excluding carboxylic acids is 9. The third-order valence-electron chi connectivity index (χ3n) is 21.0. The van der Waals surface area contributed by atoms with Crippen molar-refractivity contribution >= 4 is 119 Å². The molecule has 0 atom stereocenters. The normalized spacial score (nSPS) is 13.9. The Hall–Kier alpha value is -13.9. The molecule has 0 saturated carbocycles. The highest BCUT2D eigenvalue weighted by molar-refractivity contribution is 7.18. The number of hydrogen-bond acceptors (Lipinski definition) is 33. The third kappa shape index (κ3) is 20.0. The number of benzene rings is 4. The van der Waals surface area contributed by atoms with E-state index in [4.69, 9.17) is 74.9 Å². The van der Waals surface area contributed by atoms with Gasteiger partial charge in [-0.1, -0.05) is 20.6 Å². The molecule has 4 aliphatic heterocycles. The van der Waals surface area contributed by atoms with E-state index >= 15 is 0 Å². The van der Waals surface area contributed by atoms with E-state index < -0.39 is 47.5 Å². The lowest BCUT2D eigenvalue weighted by Gasteiger charge is -2.18. The Kier molecular flexibility index (Phi) is 27.8. The molecule has 4 aliphatic carbocycles. The zero-order chi connectivity index (χ0) is 89.8. The van der Waals surface area contributed by atoms with E-state index in [1.165, 1.54) is 50.2 Å². The maximum atomic E-state index is 12.8. The lowest BCUT2D eigenvalue weighted by atomic mass is 10.1. The summed E-state index contributed by atoms with van der Waals surface area (Å²) in [4.78, 5) is 117. The molecule has 670 valence electrons. The van der Waals surface area contributed by atoms with Crippen molar-refractivity contribution in [3.05, 3.63) is 184 Å². The molecule has 0 unspecified atom stereocenters. The monoisotopic (exact) mass is 1830 g/mol. The van der Waals surface area contributed by atoms with E-state index in [9.17, 15) is 43.2 Å². The summed E-state index contributed by atoms with van der Waals surface area (Å²) >= 11 is 5.69. The van der Waals surface area contributed by atoms with Gasteiger partial charge in [0.1, 0.15) is 72.9 Å². The number of aromatic nitrogens is 4. The van der Waals surface area contributed by atoms with E-state index in [2.05, 4.69) is 41.9 Å². The van der Waals surface area contributed by atoms with Crippen LogP contribution in [0.3, 0.4) is 0 Å². The zero-order valence-corrected chi connectivity index (χ0v) is 74.1. The molecule has 34 nitrogen and oxygen atoms in total. The van der Waals surface area contributed by atoms with Crippen LogP contribution >= 0.6 is 45.3 Å². The van der Waals surface area contributed by atoms with E-state index in [1.54, 1.807) is 115 Å². The Balaban J connectivity index is 0.000000124. The van der Waals surface area contributed by atoms with Crippen molar-refractivity contribution in [3.8, 4) is 91.3 Å². The SMILES string of the molecule is CCOC(=O)c1c(NC(=O)c2cc(-c3ccc4c(c3)OCCO4)on2)sc2c1CCC2.CCOC(=O)c1c(NC(=O)c2cc(-c3ccc4c(c3)OCCO4)on2)sc2c1CCC2.CCOC(=O)c1c(NC(=O)c2cc(-c3ccc4c(c3)OCCO4)on2)sc2c1CCC2.CCOC(=O)c1c(NC(=O)c2cc(-c3ccc4c(c3)OCCO4)on2)sc2c1CCC2.CN(C)C=O. The van der Waals surface area contributed by atoms with Gasteiger partial charge in [0.05, 0.1) is 48.7 Å². The first-order valence-electron chi connectivity index (χ1n) is 41.9. The number of thiophene rings is 4. The largest absolute Gasteiger partial charge is 0.486 e. The minimum atomic E-state index is -0.446. The molecule has 129 heavy (non-hydrogen) atoms. The molecule has 0 fully saturated rings. The van der Waals surface area contributed by atoms with Crippen molar-refractivity contribution < 1.29 is 118 Å². The summed E-state index contributed by atoms with van der Waals surface area (Å²) in [6, 6.07) is 27.9. The summed E-state index contributed by atoms with van der Waals surface area (Å²) in [5.74, 6) is 3.49. The lowest BCUT2D eigenvalue weighted by molar-refractivity contribution is -0.115. The summed E-state index contributed by atoms with van der Waals surface area (Å²) in [6.45, 7) is 12.1. The van der Waals surface area contributed by atoms with Crippen LogP contribution in [0.4, 0.5) is 20.0 Å². The number of hydrogen-bond donors (Lipinski definition) is 4. The van der Waals surface area contributed by atoms with Crippen LogP contribution in [0.5, 0.6) is 46.0 Å². The molecule has 5 amide bonds. The highest BCUT2D eigenvalue weighted by atomic mass is 32.1. The van der Waals surface area contributed by atoms with Gasteiger partial charge in [-0.3, -0.25) is 24.0 Å². The summed E-state index contributed by atoms with van der Waals surface area (Å²) < 4.78 is 86.8. The fraction of sp³-hybridized carbons (Fsp3) is 0.330. The van der Waals surface area contributed by atoms with Gasteiger partial charge in [-0.15, -0.1) is 45.3 Å². The van der Waals surface area contributed by atoms with Gasteiger partial charge >= 0.3 is 23.9 Å². The first kappa shape index (κ1) is 88.6. The molecule has 12 aromatic rings. The molecule has 0 radical (unpaired) electrons. The predicted molar refractivity (Wildman–Crippen MR) is 472 cm³/mol. The van der Waals surface area contributed by atoms with E-state index in [0.29, 0.717) is 164 Å². The zero-order valence-electron chi connectivity index (χ0n) is 70.9. The number of fused-ring (bicyclic) bond motifs is 8. The third-order valence-corrected chi connectivity index (χ3v) is 25.8. The molecule has 0 spiro atoms. The molecule has 0 saturated heterocycles. The maximum Gasteiger partial charge on any atom is 0.341 e. The Morgan fingerprint density at radius 3 is 0.736 bits per heavy atom. The van der Waals surface area contributed by atoms with Gasteiger partial charge in [0.25, 0.3) is 23.6 Å². The van der Waals surface area contributed by atoms with Crippen LogP contribution in [0.2, 0.25) is 0 Å². The molecular weight excluding hydrogens is 1750 g/mol. The number of amides is 5. The van der Waals surface area contributed by atoms with Crippen LogP contribution in [0.1, 0.15) is 179 Å². The average molecular weight is 1840 g/mol. The summed E-state index contributed by atoms with van der Waals surface area (Å²) in [5.41, 5.74) is 9.13. The number of nitrogens with zero attached hydrogens (tertiary/aromatic N) is 5. The topological polar surface area (TPSA) is 420 Å². The van der Waals surface area contributed by atoms with Gasteiger partial charge in [-0.25, -0.2) is 19.2 Å². The number of nitrogens with one attached hydrogen (secondary N) is 4. The van der Waals surface area contributed by atoms with E-state index in [-0.39, 0.29) is 49.2 Å². The molecule has 20 rings (SSSR count). The van der Waals surface area contributed by atoms with E-state index in [0.717, 1.165) is 147 Å². The summed E-state index contributed by atoms with van der Waals surface area (Å²) in [6.07, 6.45) is 11.6. The Labute approximate surface area is 752 Å². The minimum Gasteiger partial charge on any atom is -0.486 e. The molecule has 8 aliphatic rings. The van der Waals surface area contributed by atoms with Crippen LogP contribution in [-0.2, 0) is 75.1 Å². The fourth-order valence-corrected chi connectivity index (χ4v) is 20.3. The van der Waals surface area contributed by atoms with Crippen molar-refractivity contribution in [2.75, 3.05) is 115 Å². The van der Waals surface area contributed by atoms with Gasteiger partial charge in [0.2, 0.25) is 6.41 Å². The van der Waals surface area contributed by atoms with Crippen LogP contribution in [0.15, 0.2) is 115 Å². The van der Waals surface area contributed by atoms with Crippen LogP contribution in [0.25, 0.3) is 45.3 Å². The smallest absolute Gasteiger partial charge is 0.341 e. The second-order valence-corrected chi connectivity index (χ2v) is 34.2. The van der Waals surface area contributed by atoms with Gasteiger partial charge < -0.3 is 101 Å². The number of carbonyl (C=O) groups is 9. The quantitative estimate of drug-likeness (QED) is 0.0295. The molecular formula is C91H87N9O25S4. The Morgan fingerprint density at radius 1 is 0.326 bits per heavy atom. The molecule has 12 heterocycles. The Bertz CT molecular complexity index is 5510. The first-order valence-corrected chi connectivity index (χ1v) is 45.2. The van der Waals surface area contributed by atoms with Gasteiger partial charge in [-0.2, -0.15) is 0 Å². The number of aryl methyl sites for hydroxylation is 4. The van der Waals surface area contributed by atoms with Crippen LogP contribution in [0, 0.1) is 0 Å². The van der Waals surface area contributed by atoms with Crippen molar-refractivity contribution in [3.63, 3.8) is 0 Å². The summed E-state index contributed by atoms with van der Waals surface area (Å²) in [5, 5.41) is 28.9. The predicted octanol–water partition coefficient (Wildman–Crippen LogP) is 16.1. The van der Waals surface area contributed by atoms with Gasteiger partial charge in [0, 0.05) is 80.1 Å². The van der Waals surface area contributed by atoms with Crippen molar-refractivity contribution in [1.82, 2.24) is 25.5 Å². The van der Waals surface area contributed by atoms with Gasteiger partial charge in [0.15, 0.2) is 91.8 Å². The number of esters is 4. The van der Waals surface area contributed by atoms with Crippen LogP contribution in [-0.4, -0.2) is 173 Å². The maximum absolute atomic E-state index is 12.8. The minimum absolute atomic E-state index is 0.119. The standard InChI is InChI=1S/4C22H20N2O6S.C3H7NO/c4*1-2-27-22(26)19-13-4-3-5-18(13)31-21(19)23-20(25)14-11-16(30-24-14)12-6-7-15-17(10-12)29-9-8-28-15;1-4(2)3-5/h4*6-7,10-11H,2-5,8-9H2,1H3,(H,23,25);3H,1-2H3. The number of rotatable bonds is 21. The molecule has 38 heteroatoms. The second kappa shape index (κ2) is 40.4. The average Bonchev–Trinajstić information content (AvgIpc) is 1.63. The van der Waals surface area contributed by atoms with Crippen LogP contribution < -0.4 is 59.2 Å². The molecule has 4 N–H and O–H groups in total. The molecule has 0 bridgehead atoms. The van der Waals surface area contributed by atoms with Crippen molar-refractivity contribution in [1.29, 1.82) is 0 Å². The molecule has 4 aromatic carbocycles. The van der Waals surface area contributed by atoms with Crippen molar-refractivity contribution in [2.24, 2.45) is 0 Å². The fourth-order valence-electron chi connectivity index (χ4n) is 15.2. The molecule has 8 aromatic heterocycles. The Morgan fingerprint density at radius 2 is 0.535 bits per heavy atom. The van der Waals surface area contributed by atoms with E-state index in [1.807, 2.05) is 24.3 Å². The summed E-state index contributed by atoms with van der Waals surface area (Å²) in [7, 11) is 3.38. The second-order valence-electron chi connectivity index (χ2n) is 29.8.